The van der Waals surface area contributed by atoms with E-state index in [1.165, 1.54) is 10.6 Å². The van der Waals surface area contributed by atoms with E-state index in [0.717, 1.165) is 72.8 Å². The zero-order valence-electron chi connectivity index (χ0n) is 37.8. The van der Waals surface area contributed by atoms with Gasteiger partial charge in [0.25, 0.3) is 5.91 Å². The number of rotatable bonds is 11. The van der Waals surface area contributed by atoms with E-state index in [2.05, 4.69) is 70.6 Å². The number of ether oxygens (including phenoxy) is 1. The van der Waals surface area contributed by atoms with Gasteiger partial charge in [-0.15, -0.1) is 0 Å². The highest BCUT2D eigenvalue weighted by molar-refractivity contribution is 9.10. The van der Waals surface area contributed by atoms with Gasteiger partial charge in [-0.05, 0) is 95.6 Å². The van der Waals surface area contributed by atoms with Crippen LogP contribution in [0.1, 0.15) is 52.7 Å². The molecule has 3 aromatic carbocycles. The van der Waals surface area contributed by atoms with Gasteiger partial charge in [0.1, 0.15) is 17.6 Å². The van der Waals surface area contributed by atoms with Crippen molar-refractivity contribution in [2.75, 3.05) is 97.0 Å². The van der Waals surface area contributed by atoms with Crippen LogP contribution in [-0.4, -0.2) is 141 Å². The molecule has 4 amide bonds. The van der Waals surface area contributed by atoms with Gasteiger partial charge in [0, 0.05) is 107 Å². The number of carbonyl (C=O) groups excluding carboxylic acids is 4. The molecule has 1 aromatic heterocycles. The number of piperazine rings is 1. The van der Waals surface area contributed by atoms with Crippen molar-refractivity contribution in [3.05, 3.63) is 81.5 Å². The molecule has 0 saturated carbocycles. The average molecular weight is 997 g/mol. The number of nitrogens with one attached hydrogen (secondary N) is 3. The van der Waals surface area contributed by atoms with Crippen LogP contribution in [0.3, 0.4) is 0 Å². The molecule has 0 bridgehead atoms. The molecule has 1 unspecified atom stereocenters. The van der Waals surface area contributed by atoms with Crippen molar-refractivity contribution in [3.8, 4) is 5.75 Å². The van der Waals surface area contributed by atoms with Crippen molar-refractivity contribution in [2.45, 2.75) is 57.7 Å². The van der Waals surface area contributed by atoms with Crippen molar-refractivity contribution >= 4 is 89.8 Å². The summed E-state index contributed by atoms with van der Waals surface area (Å²) >= 11 is 3.56. The first-order chi connectivity index (χ1) is 32.2. The third kappa shape index (κ3) is 8.74. The normalized spacial score (nSPS) is 20.4. The van der Waals surface area contributed by atoms with E-state index in [0.29, 0.717) is 97.1 Å². The van der Waals surface area contributed by atoms with Gasteiger partial charge < -0.3 is 35.0 Å². The second-order valence-corrected chi connectivity index (χ2v) is 21.1. The van der Waals surface area contributed by atoms with Crippen LogP contribution in [0.25, 0.3) is 0 Å². The molecule has 20 heteroatoms. The van der Waals surface area contributed by atoms with Gasteiger partial charge in [-0.1, -0.05) is 12.1 Å². The first-order valence-corrected chi connectivity index (χ1v) is 25.5. The van der Waals surface area contributed by atoms with Crippen LogP contribution < -0.4 is 34.8 Å². The van der Waals surface area contributed by atoms with Crippen molar-refractivity contribution in [3.63, 3.8) is 0 Å². The molecule has 0 aliphatic carbocycles. The fourth-order valence-electron chi connectivity index (χ4n) is 10.5. The number of aromatic nitrogens is 2. The molecule has 3 N–H and O–H groups in total. The smallest absolute Gasteiger partial charge is 0.255 e. The number of amides is 4. The number of anilines is 7. The Morgan fingerprint density at radius 2 is 1.66 bits per heavy atom. The van der Waals surface area contributed by atoms with E-state index in [9.17, 15) is 27.6 Å². The van der Waals surface area contributed by atoms with Crippen LogP contribution >= 0.6 is 15.9 Å². The van der Waals surface area contributed by atoms with Crippen molar-refractivity contribution in [2.24, 2.45) is 5.92 Å². The maximum absolute atomic E-state index is 13.6. The summed E-state index contributed by atoms with van der Waals surface area (Å²) in [5.41, 5.74) is 7.56. The highest BCUT2D eigenvalue weighted by Gasteiger charge is 2.41. The topological polar surface area (TPSA) is 193 Å². The Bertz CT molecular complexity index is 2770. The second kappa shape index (κ2) is 17.9. The summed E-state index contributed by atoms with van der Waals surface area (Å²) in [6, 6.07) is 15.4. The lowest BCUT2D eigenvalue weighted by atomic mass is 9.96. The summed E-state index contributed by atoms with van der Waals surface area (Å²) < 4.78 is 33.1. The van der Waals surface area contributed by atoms with Gasteiger partial charge in [0.15, 0.2) is 0 Å². The Kier molecular flexibility index (Phi) is 12.0. The Labute approximate surface area is 398 Å². The minimum Gasteiger partial charge on any atom is -0.494 e. The maximum atomic E-state index is 13.6. The van der Waals surface area contributed by atoms with Gasteiger partial charge in [-0.3, -0.25) is 33.7 Å². The molecule has 4 aromatic rings. The summed E-state index contributed by atoms with van der Waals surface area (Å²) in [4.78, 5) is 70.9. The fraction of sp³-hybridized carbons (Fsp3) is 0.447. The highest BCUT2D eigenvalue weighted by Crippen LogP contribution is 2.41. The maximum Gasteiger partial charge on any atom is 0.255 e. The summed E-state index contributed by atoms with van der Waals surface area (Å²) in [6.07, 6.45) is 6.08. The zero-order chi connectivity index (χ0) is 46.7. The summed E-state index contributed by atoms with van der Waals surface area (Å²) in [6.45, 7) is 9.00. The molecule has 7 heterocycles. The Morgan fingerprint density at radius 3 is 2.39 bits per heavy atom. The molecule has 10 rings (SSSR count). The van der Waals surface area contributed by atoms with Gasteiger partial charge in [0.05, 0.1) is 40.8 Å². The van der Waals surface area contributed by atoms with Gasteiger partial charge in [-0.2, -0.15) is 4.98 Å². The van der Waals surface area contributed by atoms with Gasteiger partial charge in [0.2, 0.25) is 33.7 Å². The Balaban J connectivity index is 0.704. The molecule has 67 heavy (non-hydrogen) atoms. The number of sulfonamides is 1. The van der Waals surface area contributed by atoms with E-state index < -0.39 is 22.0 Å². The van der Waals surface area contributed by atoms with E-state index in [4.69, 9.17) is 9.72 Å². The second-order valence-electron chi connectivity index (χ2n) is 18.3. The number of carbonyl (C=O) groups is 4. The molecular formula is C47H54BrN11O7S. The number of halogens is 1. The lowest BCUT2D eigenvalue weighted by Gasteiger charge is -2.46. The number of hydrogen-bond acceptors (Lipinski definition) is 14. The lowest BCUT2D eigenvalue weighted by molar-refractivity contribution is -0.139. The predicted octanol–water partition coefficient (Wildman–Crippen LogP) is 4.38. The van der Waals surface area contributed by atoms with Gasteiger partial charge in [-0.25, -0.2) is 13.4 Å². The number of fused-ring (bicyclic) bond motifs is 2. The van der Waals surface area contributed by atoms with Crippen LogP contribution in [-0.2, 0) is 37.4 Å². The number of methoxy groups -OCH3 is 1. The molecule has 4 saturated heterocycles. The van der Waals surface area contributed by atoms with Crippen LogP contribution in [0.15, 0.2) is 59.2 Å². The summed E-state index contributed by atoms with van der Waals surface area (Å²) in [7, 11) is -1.81. The molecule has 6 aliphatic heterocycles. The molecule has 0 spiro atoms. The molecule has 352 valence electrons. The number of hydrogen-bond donors (Lipinski definition) is 3. The van der Waals surface area contributed by atoms with E-state index in [1.54, 1.807) is 18.2 Å². The van der Waals surface area contributed by atoms with E-state index >= 15 is 0 Å². The van der Waals surface area contributed by atoms with Crippen molar-refractivity contribution < 1.29 is 32.3 Å². The van der Waals surface area contributed by atoms with Gasteiger partial charge >= 0.3 is 0 Å². The molecular weight excluding hydrogens is 943 g/mol. The zero-order valence-corrected chi connectivity index (χ0v) is 40.2. The monoisotopic (exact) mass is 995 g/mol. The third-order valence-electron chi connectivity index (χ3n) is 14.2. The number of aryl methyl sites for hydroxylation is 1. The molecule has 6 aliphatic rings. The van der Waals surface area contributed by atoms with Crippen molar-refractivity contribution in [1.29, 1.82) is 0 Å². The first-order valence-electron chi connectivity index (χ1n) is 22.9. The number of nitrogens with zero attached hydrogens (tertiary/aromatic N) is 8. The number of para-hydroxylation sites is 1. The third-order valence-corrected chi connectivity index (χ3v) is 15.9. The highest BCUT2D eigenvalue weighted by atomic mass is 79.9. The van der Waals surface area contributed by atoms with Crippen LogP contribution in [0.5, 0.6) is 5.75 Å². The van der Waals surface area contributed by atoms with Crippen LogP contribution in [0.2, 0.25) is 0 Å². The largest absolute Gasteiger partial charge is 0.494 e. The molecule has 4 fully saturated rings. The summed E-state index contributed by atoms with van der Waals surface area (Å²) in [5, 5.41) is 9.03. The molecule has 0 radical (unpaired) electrons. The quantitative estimate of drug-likeness (QED) is 0.180. The standard InChI is InChI=1S/C47H54BrN11O7S/c1-28-21-37(51-47-49-24-35(48)43(53-47)50-36-6-4-5-29-11-16-59(42(29)36)67(3,64)65)40(66-2)23-39(28)55-14-12-32(13-15-55)54-17-19-56(20-18-54)45(62)31-25-57(26-31)33-7-8-34-30(22-33)27-58(46(34)63)38-9-10-41(60)52-44(38)61/h4-8,21-24,31-32,38H,9-20,25-27H2,1-3H3,(H,52,60,61)(H2,49,50,51,53). The van der Waals surface area contributed by atoms with Crippen LogP contribution in [0.4, 0.5) is 40.2 Å². The molecule has 1 atom stereocenters. The SMILES string of the molecule is COc1cc(N2CCC(N3CCN(C(=O)C4CN(c5ccc6c(c5)CN(C5CCC(=O)NC5=O)C6=O)C4)CC3)CC2)c(C)cc1Nc1ncc(Br)c(Nc2cccc3c2N(S(C)(=O)=O)CC3)n1. The average Bonchev–Trinajstić information content (AvgIpc) is 3.89. The summed E-state index contributed by atoms with van der Waals surface area (Å²) in [5.74, 6) is 0.711. The lowest BCUT2D eigenvalue weighted by Crippen LogP contribution is -2.59. The van der Waals surface area contributed by atoms with E-state index in [-0.39, 0.29) is 30.1 Å². The number of benzene rings is 3. The Morgan fingerprint density at radius 1 is 0.881 bits per heavy atom. The Hall–Kier alpha value is -5.99. The minimum absolute atomic E-state index is 0.0688. The predicted molar refractivity (Wildman–Crippen MR) is 258 cm³/mol. The van der Waals surface area contributed by atoms with E-state index in [1.807, 2.05) is 41.3 Å². The number of imide groups is 1. The fourth-order valence-corrected chi connectivity index (χ4v) is 11.8. The first kappa shape index (κ1) is 44.8. The molecule has 18 nitrogen and oxygen atoms in total. The van der Waals surface area contributed by atoms with Crippen molar-refractivity contribution in [1.82, 2.24) is 30.0 Å². The van der Waals surface area contributed by atoms with Crippen LogP contribution in [0, 0.1) is 12.8 Å². The number of piperidine rings is 2. The minimum atomic E-state index is -3.45.